The van der Waals surface area contributed by atoms with E-state index in [1.807, 2.05) is 36.4 Å². The molecule has 2 aromatic carbocycles. The second-order valence-corrected chi connectivity index (χ2v) is 6.66. The summed E-state index contributed by atoms with van der Waals surface area (Å²) in [6, 6.07) is 25.3. The van der Waals surface area contributed by atoms with Crippen LogP contribution in [0.3, 0.4) is 0 Å². The van der Waals surface area contributed by atoms with Gasteiger partial charge in [0, 0.05) is 24.0 Å². The molecule has 3 heteroatoms. The van der Waals surface area contributed by atoms with Crippen molar-refractivity contribution < 1.29 is 5.11 Å². The second-order valence-electron chi connectivity index (χ2n) is 6.66. The largest absolute Gasteiger partial charge is 0.390 e. The standard InChI is InChI=1S/C22H26N2O/c1-17(2)23-15-20(25)16-24-21(18-9-5-3-6-10-18)13-14-22(24)19-11-7-4-8-12-19/h3-14,17,20,23,25H,15-16H2,1-2H3. The van der Waals surface area contributed by atoms with Crippen molar-refractivity contribution >= 4 is 0 Å². The van der Waals surface area contributed by atoms with E-state index in [1.165, 1.54) is 0 Å². The molecule has 0 bridgehead atoms. The second kappa shape index (κ2) is 8.15. The number of hydrogen-bond donors (Lipinski definition) is 2. The molecule has 0 aliphatic heterocycles. The average Bonchev–Trinajstić information content (AvgIpc) is 3.05. The van der Waals surface area contributed by atoms with E-state index in [4.69, 9.17) is 0 Å². The summed E-state index contributed by atoms with van der Waals surface area (Å²) in [6.07, 6.45) is -0.445. The fourth-order valence-corrected chi connectivity index (χ4v) is 3.03. The highest BCUT2D eigenvalue weighted by atomic mass is 16.3. The van der Waals surface area contributed by atoms with E-state index >= 15 is 0 Å². The molecule has 0 aliphatic rings. The molecule has 2 N–H and O–H groups in total. The Labute approximate surface area is 149 Å². The van der Waals surface area contributed by atoms with Crippen molar-refractivity contribution in [1.82, 2.24) is 9.88 Å². The van der Waals surface area contributed by atoms with Gasteiger partial charge in [0.15, 0.2) is 0 Å². The lowest BCUT2D eigenvalue weighted by Crippen LogP contribution is -2.34. The van der Waals surface area contributed by atoms with Crippen LogP contribution in [0.15, 0.2) is 72.8 Å². The molecule has 0 aliphatic carbocycles. The van der Waals surface area contributed by atoms with Crippen molar-refractivity contribution in [2.75, 3.05) is 6.54 Å². The first kappa shape index (κ1) is 17.5. The van der Waals surface area contributed by atoms with Gasteiger partial charge in [-0.05, 0) is 23.3 Å². The Hall–Kier alpha value is -2.36. The third-order valence-electron chi connectivity index (χ3n) is 4.27. The number of nitrogens with one attached hydrogen (secondary N) is 1. The summed E-state index contributed by atoms with van der Waals surface area (Å²) in [4.78, 5) is 0. The molecular weight excluding hydrogens is 308 g/mol. The van der Waals surface area contributed by atoms with Crippen molar-refractivity contribution in [3.05, 3.63) is 72.8 Å². The van der Waals surface area contributed by atoms with Gasteiger partial charge in [0.1, 0.15) is 0 Å². The molecule has 1 heterocycles. The number of aliphatic hydroxyl groups excluding tert-OH is 1. The van der Waals surface area contributed by atoms with Gasteiger partial charge >= 0.3 is 0 Å². The fraction of sp³-hybridized carbons (Fsp3) is 0.273. The minimum atomic E-state index is -0.445. The molecule has 3 aromatic rings. The number of hydrogen-bond acceptors (Lipinski definition) is 2. The number of aliphatic hydroxyl groups is 1. The van der Waals surface area contributed by atoms with Gasteiger partial charge in [-0.3, -0.25) is 0 Å². The van der Waals surface area contributed by atoms with Gasteiger partial charge < -0.3 is 15.0 Å². The SMILES string of the molecule is CC(C)NCC(O)Cn1c(-c2ccccc2)ccc1-c1ccccc1. The topological polar surface area (TPSA) is 37.2 Å². The molecule has 3 rings (SSSR count). The highest BCUT2D eigenvalue weighted by Crippen LogP contribution is 2.29. The summed E-state index contributed by atoms with van der Waals surface area (Å²) in [5.74, 6) is 0. The molecule has 0 fully saturated rings. The Morgan fingerprint density at radius 1 is 0.800 bits per heavy atom. The molecule has 0 amide bonds. The summed E-state index contributed by atoms with van der Waals surface area (Å²) in [7, 11) is 0. The molecule has 0 saturated carbocycles. The Morgan fingerprint density at radius 2 is 1.28 bits per heavy atom. The van der Waals surface area contributed by atoms with Crippen LogP contribution in [0, 0.1) is 0 Å². The van der Waals surface area contributed by atoms with E-state index in [9.17, 15) is 5.11 Å². The zero-order valence-corrected chi connectivity index (χ0v) is 14.9. The maximum Gasteiger partial charge on any atom is 0.0843 e. The van der Waals surface area contributed by atoms with Crippen LogP contribution in [-0.2, 0) is 6.54 Å². The smallest absolute Gasteiger partial charge is 0.0843 e. The number of nitrogens with zero attached hydrogens (tertiary/aromatic N) is 1. The predicted octanol–water partition coefficient (Wildman–Crippen LogP) is 4.18. The Morgan fingerprint density at radius 3 is 1.72 bits per heavy atom. The molecule has 25 heavy (non-hydrogen) atoms. The van der Waals surface area contributed by atoms with Crippen LogP contribution >= 0.6 is 0 Å². The van der Waals surface area contributed by atoms with Crippen LogP contribution in [0.4, 0.5) is 0 Å². The first-order chi connectivity index (χ1) is 12.1. The van der Waals surface area contributed by atoms with Gasteiger partial charge in [-0.2, -0.15) is 0 Å². The van der Waals surface area contributed by atoms with E-state index in [0.717, 1.165) is 22.5 Å². The predicted molar refractivity (Wildman–Crippen MR) is 104 cm³/mol. The number of benzene rings is 2. The van der Waals surface area contributed by atoms with Crippen LogP contribution in [-0.4, -0.2) is 28.4 Å². The first-order valence-corrected chi connectivity index (χ1v) is 8.87. The van der Waals surface area contributed by atoms with Crippen LogP contribution in [0.5, 0.6) is 0 Å². The monoisotopic (exact) mass is 334 g/mol. The Kier molecular flexibility index (Phi) is 5.69. The third kappa shape index (κ3) is 4.38. The first-order valence-electron chi connectivity index (χ1n) is 8.87. The molecule has 3 nitrogen and oxygen atoms in total. The third-order valence-corrected chi connectivity index (χ3v) is 4.27. The van der Waals surface area contributed by atoms with Crippen LogP contribution in [0.2, 0.25) is 0 Å². The highest BCUT2D eigenvalue weighted by Gasteiger charge is 2.15. The quantitative estimate of drug-likeness (QED) is 0.680. The molecule has 0 radical (unpaired) electrons. The van der Waals surface area contributed by atoms with Crippen molar-refractivity contribution in [2.45, 2.75) is 32.5 Å². The molecule has 1 unspecified atom stereocenters. The summed E-state index contributed by atoms with van der Waals surface area (Å²) in [6.45, 7) is 5.32. The normalized spacial score (nSPS) is 12.5. The molecule has 130 valence electrons. The van der Waals surface area contributed by atoms with E-state index in [0.29, 0.717) is 19.1 Å². The zero-order valence-electron chi connectivity index (χ0n) is 14.9. The van der Waals surface area contributed by atoms with Crippen molar-refractivity contribution in [1.29, 1.82) is 0 Å². The highest BCUT2D eigenvalue weighted by molar-refractivity contribution is 5.69. The summed E-state index contributed by atoms with van der Waals surface area (Å²) < 4.78 is 2.22. The summed E-state index contributed by atoms with van der Waals surface area (Å²) in [5.41, 5.74) is 4.58. The lowest BCUT2D eigenvalue weighted by molar-refractivity contribution is 0.150. The van der Waals surface area contributed by atoms with Gasteiger partial charge in [-0.25, -0.2) is 0 Å². The Bertz CT molecular complexity index is 721. The van der Waals surface area contributed by atoms with Gasteiger partial charge in [-0.1, -0.05) is 74.5 Å². The molecule has 1 aromatic heterocycles. The van der Waals surface area contributed by atoms with E-state index < -0.39 is 6.10 Å². The summed E-state index contributed by atoms with van der Waals surface area (Å²) in [5, 5.41) is 13.8. The van der Waals surface area contributed by atoms with Gasteiger partial charge in [0.05, 0.1) is 12.6 Å². The maximum absolute atomic E-state index is 10.5. The van der Waals surface area contributed by atoms with E-state index in [1.54, 1.807) is 0 Å². The van der Waals surface area contributed by atoms with E-state index in [2.05, 4.69) is 60.1 Å². The zero-order chi connectivity index (χ0) is 17.6. The maximum atomic E-state index is 10.5. The van der Waals surface area contributed by atoms with Crippen LogP contribution in [0.25, 0.3) is 22.5 Å². The molecular formula is C22H26N2O. The molecule has 1 atom stereocenters. The van der Waals surface area contributed by atoms with E-state index in [-0.39, 0.29) is 0 Å². The van der Waals surface area contributed by atoms with Gasteiger partial charge in [0.25, 0.3) is 0 Å². The fourth-order valence-electron chi connectivity index (χ4n) is 3.03. The number of rotatable bonds is 7. The van der Waals surface area contributed by atoms with Gasteiger partial charge in [0.2, 0.25) is 0 Å². The molecule has 0 spiro atoms. The Balaban J connectivity index is 1.95. The van der Waals surface area contributed by atoms with Crippen LogP contribution in [0.1, 0.15) is 13.8 Å². The average molecular weight is 334 g/mol. The lowest BCUT2D eigenvalue weighted by Gasteiger charge is -2.19. The van der Waals surface area contributed by atoms with Crippen molar-refractivity contribution in [3.8, 4) is 22.5 Å². The number of aromatic nitrogens is 1. The molecule has 0 saturated heterocycles. The minimum Gasteiger partial charge on any atom is -0.390 e. The summed E-state index contributed by atoms with van der Waals surface area (Å²) >= 11 is 0. The minimum absolute atomic E-state index is 0.362. The van der Waals surface area contributed by atoms with Gasteiger partial charge in [-0.15, -0.1) is 0 Å². The lowest BCUT2D eigenvalue weighted by atomic mass is 10.1. The van der Waals surface area contributed by atoms with Crippen LogP contribution < -0.4 is 5.32 Å². The van der Waals surface area contributed by atoms with Crippen molar-refractivity contribution in [2.24, 2.45) is 0 Å². The van der Waals surface area contributed by atoms with Crippen molar-refractivity contribution in [3.63, 3.8) is 0 Å².